The van der Waals surface area contributed by atoms with Crippen LogP contribution in [-0.4, -0.2) is 16.6 Å². The van der Waals surface area contributed by atoms with Gasteiger partial charge in [0.2, 0.25) is 0 Å². The fourth-order valence-electron chi connectivity index (χ4n) is 2.18. The molecule has 0 spiro atoms. The molecule has 1 unspecified atom stereocenters. The molecule has 0 aliphatic heterocycles. The Balaban J connectivity index is 2.48. The second kappa shape index (κ2) is 7.52. The third-order valence-electron chi connectivity index (χ3n) is 3.12. The van der Waals surface area contributed by atoms with E-state index in [0.29, 0.717) is 16.9 Å². The van der Waals surface area contributed by atoms with Gasteiger partial charge in [0.15, 0.2) is 0 Å². The van der Waals surface area contributed by atoms with Crippen molar-refractivity contribution in [3.63, 3.8) is 0 Å². The van der Waals surface area contributed by atoms with Gasteiger partial charge in [0.05, 0.1) is 5.69 Å². The Hall–Kier alpha value is -1.46. The molecule has 0 saturated carbocycles. The number of hydrogen-bond acceptors (Lipinski definition) is 3. The van der Waals surface area contributed by atoms with Crippen molar-refractivity contribution in [2.45, 2.75) is 32.8 Å². The number of aromatic amines is 1. The van der Waals surface area contributed by atoms with Gasteiger partial charge in [-0.3, -0.25) is 4.79 Å². The quantitative estimate of drug-likeness (QED) is 0.865. The average molecular weight is 351 g/mol. The lowest BCUT2D eigenvalue weighted by atomic mass is 10.1. The summed E-state index contributed by atoms with van der Waals surface area (Å²) in [4.78, 5) is 19.5. The first-order valence-electron chi connectivity index (χ1n) is 7.12. The number of benzene rings is 1. The molecule has 1 heterocycles. The summed E-state index contributed by atoms with van der Waals surface area (Å²) in [5.74, 6) is 0.555. The molecule has 2 rings (SSSR count). The van der Waals surface area contributed by atoms with Crippen LogP contribution in [-0.2, 0) is 11.2 Å². The minimum atomic E-state index is -0.354. The van der Waals surface area contributed by atoms with Crippen LogP contribution in [0.5, 0.6) is 0 Å². The molecule has 0 fully saturated rings. The lowest BCUT2D eigenvalue weighted by Crippen LogP contribution is -2.20. The van der Waals surface area contributed by atoms with Crippen molar-refractivity contribution in [3.05, 3.63) is 62.2 Å². The molecule has 0 bridgehead atoms. The molecule has 1 N–H and O–H groups in total. The topological polar surface area (TPSA) is 55.0 Å². The number of hydrogen-bond donors (Lipinski definition) is 1. The number of aromatic nitrogens is 2. The van der Waals surface area contributed by atoms with Crippen molar-refractivity contribution in [1.29, 1.82) is 0 Å². The summed E-state index contributed by atoms with van der Waals surface area (Å²) < 4.78 is 6.30. The maximum Gasteiger partial charge on any atom is 0.265 e. The summed E-state index contributed by atoms with van der Waals surface area (Å²) >= 11 is 3.31. The van der Waals surface area contributed by atoms with Gasteiger partial charge >= 0.3 is 0 Å². The molecule has 0 saturated heterocycles. The molecule has 1 aromatic heterocycles. The summed E-state index contributed by atoms with van der Waals surface area (Å²) in [5, 5.41) is 0. The number of H-pyrrole nitrogens is 1. The van der Waals surface area contributed by atoms with E-state index in [1.807, 2.05) is 37.3 Å². The van der Waals surface area contributed by atoms with Crippen molar-refractivity contribution in [2.24, 2.45) is 0 Å². The van der Waals surface area contributed by atoms with E-state index in [9.17, 15) is 4.79 Å². The second-order valence-corrected chi connectivity index (χ2v) is 5.50. The molecule has 0 aliphatic rings. The molecular weight excluding hydrogens is 332 g/mol. The van der Waals surface area contributed by atoms with E-state index in [1.54, 1.807) is 0 Å². The Morgan fingerprint density at radius 3 is 2.62 bits per heavy atom. The van der Waals surface area contributed by atoms with Crippen LogP contribution < -0.4 is 5.56 Å². The monoisotopic (exact) mass is 350 g/mol. The molecule has 0 amide bonds. The zero-order valence-electron chi connectivity index (χ0n) is 12.2. The average Bonchev–Trinajstić information content (AvgIpc) is 2.50. The minimum absolute atomic E-state index is 0.163. The van der Waals surface area contributed by atoms with E-state index in [2.05, 4.69) is 32.8 Å². The lowest BCUT2D eigenvalue weighted by molar-refractivity contribution is 0.0847. The van der Waals surface area contributed by atoms with E-state index in [4.69, 9.17) is 4.74 Å². The van der Waals surface area contributed by atoms with Gasteiger partial charge in [0, 0.05) is 6.61 Å². The highest BCUT2D eigenvalue weighted by atomic mass is 79.9. The summed E-state index contributed by atoms with van der Waals surface area (Å²) in [6.07, 6.45) is 1.33. The van der Waals surface area contributed by atoms with E-state index in [0.717, 1.165) is 24.1 Å². The van der Waals surface area contributed by atoms with E-state index >= 15 is 0 Å². The van der Waals surface area contributed by atoms with Gasteiger partial charge < -0.3 is 9.72 Å². The van der Waals surface area contributed by atoms with Crippen LogP contribution >= 0.6 is 15.9 Å². The van der Waals surface area contributed by atoms with Crippen LogP contribution in [0.25, 0.3) is 0 Å². The fourth-order valence-corrected chi connectivity index (χ4v) is 2.56. The first-order valence-corrected chi connectivity index (χ1v) is 7.91. The number of halogens is 1. The summed E-state index contributed by atoms with van der Waals surface area (Å²) in [7, 11) is 0. The van der Waals surface area contributed by atoms with Crippen LogP contribution in [0.15, 0.2) is 39.6 Å². The molecule has 112 valence electrons. The summed E-state index contributed by atoms with van der Waals surface area (Å²) in [6.45, 7) is 4.54. The number of aryl methyl sites for hydroxylation is 1. The number of ether oxygens (including phenoxy) is 1. The number of nitrogens with one attached hydrogen (secondary N) is 1. The summed E-state index contributed by atoms with van der Waals surface area (Å²) in [5.41, 5.74) is 1.59. The Kier molecular flexibility index (Phi) is 5.70. The summed E-state index contributed by atoms with van der Waals surface area (Å²) in [6, 6.07) is 9.80. The molecule has 0 radical (unpaired) electrons. The third-order valence-corrected chi connectivity index (χ3v) is 3.94. The van der Waals surface area contributed by atoms with Crippen LogP contribution in [0, 0.1) is 0 Å². The highest BCUT2D eigenvalue weighted by molar-refractivity contribution is 9.10. The highest BCUT2D eigenvalue weighted by Crippen LogP contribution is 2.24. The Morgan fingerprint density at radius 1 is 1.29 bits per heavy atom. The van der Waals surface area contributed by atoms with Gasteiger partial charge in [-0.15, -0.1) is 0 Å². The van der Waals surface area contributed by atoms with Crippen LogP contribution in [0.3, 0.4) is 0 Å². The lowest BCUT2D eigenvalue weighted by Gasteiger charge is -2.17. The fraction of sp³-hybridized carbons (Fsp3) is 0.375. The molecule has 5 heteroatoms. The van der Waals surface area contributed by atoms with Gasteiger partial charge in [-0.1, -0.05) is 43.7 Å². The second-order valence-electron chi connectivity index (χ2n) is 4.71. The predicted molar refractivity (Wildman–Crippen MR) is 86.5 cm³/mol. The molecule has 1 atom stereocenters. The molecule has 1 aromatic carbocycles. The zero-order valence-corrected chi connectivity index (χ0v) is 13.8. The van der Waals surface area contributed by atoms with E-state index in [-0.39, 0.29) is 11.7 Å². The van der Waals surface area contributed by atoms with Crippen molar-refractivity contribution >= 4 is 15.9 Å². The Labute approximate surface area is 132 Å². The van der Waals surface area contributed by atoms with Gasteiger partial charge in [-0.05, 0) is 34.8 Å². The largest absolute Gasteiger partial charge is 0.366 e. The maximum absolute atomic E-state index is 12.1. The zero-order chi connectivity index (χ0) is 15.2. The minimum Gasteiger partial charge on any atom is -0.366 e. The van der Waals surface area contributed by atoms with Crippen molar-refractivity contribution in [1.82, 2.24) is 9.97 Å². The Morgan fingerprint density at radius 2 is 2.00 bits per heavy atom. The number of nitrogens with zero attached hydrogens (tertiary/aromatic N) is 1. The van der Waals surface area contributed by atoms with E-state index < -0.39 is 0 Å². The standard InChI is InChI=1S/C16H19BrN2O2/c1-3-8-12-13(17)16(20)19-15(18-12)14(21-4-2)11-9-6-5-7-10-11/h5-7,9-10,14H,3-4,8H2,1-2H3,(H,18,19,20). The first-order chi connectivity index (χ1) is 10.2. The van der Waals surface area contributed by atoms with Crippen molar-refractivity contribution in [3.8, 4) is 0 Å². The molecule has 0 aliphatic carbocycles. The smallest absolute Gasteiger partial charge is 0.265 e. The van der Waals surface area contributed by atoms with Gasteiger partial charge in [0.1, 0.15) is 16.4 Å². The SMILES string of the molecule is CCCc1nc(C(OCC)c2ccccc2)[nH]c(=O)c1Br. The van der Waals surface area contributed by atoms with E-state index in [1.165, 1.54) is 0 Å². The molecule has 2 aromatic rings. The van der Waals surface area contributed by atoms with Crippen LogP contribution in [0.1, 0.15) is 43.5 Å². The van der Waals surface area contributed by atoms with Gasteiger partial charge in [0.25, 0.3) is 5.56 Å². The molecular formula is C16H19BrN2O2. The highest BCUT2D eigenvalue weighted by Gasteiger charge is 2.19. The third kappa shape index (κ3) is 3.80. The molecule has 21 heavy (non-hydrogen) atoms. The van der Waals surface area contributed by atoms with Crippen LogP contribution in [0.4, 0.5) is 0 Å². The number of rotatable bonds is 6. The van der Waals surface area contributed by atoms with Crippen molar-refractivity contribution in [2.75, 3.05) is 6.61 Å². The van der Waals surface area contributed by atoms with Gasteiger partial charge in [-0.25, -0.2) is 4.98 Å². The Bertz CT molecular complexity index is 640. The normalized spacial score (nSPS) is 12.3. The van der Waals surface area contributed by atoms with Crippen LogP contribution in [0.2, 0.25) is 0 Å². The molecule has 4 nitrogen and oxygen atoms in total. The predicted octanol–water partition coefficient (Wildman–Crippen LogP) is 3.61. The van der Waals surface area contributed by atoms with Gasteiger partial charge in [-0.2, -0.15) is 0 Å². The maximum atomic E-state index is 12.1. The first kappa shape index (κ1) is 15.9. The van der Waals surface area contributed by atoms with Crippen molar-refractivity contribution < 1.29 is 4.74 Å².